The summed E-state index contributed by atoms with van der Waals surface area (Å²) in [5.41, 5.74) is 2.44. The van der Waals surface area contributed by atoms with Crippen molar-refractivity contribution in [3.8, 4) is 11.8 Å². The van der Waals surface area contributed by atoms with Gasteiger partial charge in [0.25, 0.3) is 5.91 Å². The molecular formula is C17H21NO3. The lowest BCUT2D eigenvalue weighted by atomic mass is 10.0. The van der Waals surface area contributed by atoms with Gasteiger partial charge < -0.3 is 14.7 Å². The molecule has 1 atom stereocenters. The molecule has 0 spiro atoms. The van der Waals surface area contributed by atoms with E-state index in [-0.39, 0.29) is 18.6 Å². The summed E-state index contributed by atoms with van der Waals surface area (Å²) >= 11 is 0. The van der Waals surface area contributed by atoms with Gasteiger partial charge in [-0.25, -0.2) is 0 Å². The molecule has 1 aliphatic rings. The van der Waals surface area contributed by atoms with Crippen molar-refractivity contribution < 1.29 is 14.6 Å². The zero-order valence-electron chi connectivity index (χ0n) is 12.6. The van der Waals surface area contributed by atoms with E-state index >= 15 is 0 Å². The number of ether oxygens (including phenoxy) is 1. The van der Waals surface area contributed by atoms with Crippen molar-refractivity contribution in [3.63, 3.8) is 0 Å². The Hall–Kier alpha value is -1.83. The molecule has 1 aromatic rings. The molecule has 0 saturated carbocycles. The number of nitrogens with zero attached hydrogens (tertiary/aromatic N) is 1. The minimum atomic E-state index is 0.0397. The highest BCUT2D eigenvalue weighted by Gasteiger charge is 2.27. The molecule has 1 aromatic carbocycles. The molecule has 1 saturated heterocycles. The Kier molecular flexibility index (Phi) is 5.38. The smallest absolute Gasteiger partial charge is 0.254 e. The monoisotopic (exact) mass is 287 g/mol. The van der Waals surface area contributed by atoms with E-state index in [1.807, 2.05) is 30.0 Å². The largest absolute Gasteiger partial charge is 0.395 e. The van der Waals surface area contributed by atoms with E-state index in [4.69, 9.17) is 9.84 Å². The minimum Gasteiger partial charge on any atom is -0.395 e. The summed E-state index contributed by atoms with van der Waals surface area (Å²) in [6, 6.07) is 5.60. The van der Waals surface area contributed by atoms with Gasteiger partial charge in [-0.05, 0) is 31.0 Å². The molecule has 1 N–H and O–H groups in total. The molecule has 0 bridgehead atoms. The average molecular weight is 287 g/mol. The van der Waals surface area contributed by atoms with Crippen LogP contribution < -0.4 is 0 Å². The predicted molar refractivity (Wildman–Crippen MR) is 81.1 cm³/mol. The lowest BCUT2D eigenvalue weighted by molar-refractivity contribution is 0.0723. The van der Waals surface area contributed by atoms with Gasteiger partial charge in [0.05, 0.1) is 12.7 Å². The Morgan fingerprint density at radius 3 is 3.00 bits per heavy atom. The van der Waals surface area contributed by atoms with E-state index in [1.54, 1.807) is 7.11 Å². The Balaban J connectivity index is 2.19. The quantitative estimate of drug-likeness (QED) is 0.859. The fourth-order valence-electron chi connectivity index (χ4n) is 2.49. The summed E-state index contributed by atoms with van der Waals surface area (Å²) in [6.45, 7) is 3.35. The molecule has 4 nitrogen and oxygen atoms in total. The number of carbonyl (C=O) groups excluding carboxylic acids is 1. The van der Waals surface area contributed by atoms with E-state index < -0.39 is 0 Å². The van der Waals surface area contributed by atoms with Crippen LogP contribution in [0.2, 0.25) is 0 Å². The fourth-order valence-corrected chi connectivity index (χ4v) is 2.49. The molecular weight excluding hydrogens is 266 g/mol. The summed E-state index contributed by atoms with van der Waals surface area (Å²) in [4.78, 5) is 14.4. The molecule has 1 amide bonds. The first-order chi connectivity index (χ1) is 10.2. The maximum Gasteiger partial charge on any atom is 0.254 e. The molecule has 1 heterocycles. The number of hydrogen-bond donors (Lipinski definition) is 1. The predicted octanol–water partition coefficient (Wildman–Crippen LogP) is 1.59. The van der Waals surface area contributed by atoms with Gasteiger partial charge in [0.15, 0.2) is 0 Å². The SMILES string of the molecule is COC1CCN(C(=O)c2cccc(C#CCCO)c2C)C1. The minimum absolute atomic E-state index is 0.0397. The van der Waals surface area contributed by atoms with Crippen LogP contribution in [0.1, 0.15) is 34.3 Å². The molecule has 1 fully saturated rings. The van der Waals surface area contributed by atoms with Gasteiger partial charge in [-0.1, -0.05) is 17.9 Å². The Morgan fingerprint density at radius 1 is 1.52 bits per heavy atom. The van der Waals surface area contributed by atoms with Crippen LogP contribution >= 0.6 is 0 Å². The maximum atomic E-state index is 12.6. The van der Waals surface area contributed by atoms with Gasteiger partial charge in [0, 0.05) is 37.7 Å². The molecule has 0 aliphatic carbocycles. The van der Waals surface area contributed by atoms with Gasteiger partial charge in [-0.2, -0.15) is 0 Å². The molecule has 1 aliphatic heterocycles. The van der Waals surface area contributed by atoms with Crippen molar-refractivity contribution >= 4 is 5.91 Å². The topological polar surface area (TPSA) is 49.8 Å². The molecule has 0 radical (unpaired) electrons. The van der Waals surface area contributed by atoms with E-state index in [1.165, 1.54) is 0 Å². The third-order valence-corrected chi connectivity index (χ3v) is 3.79. The van der Waals surface area contributed by atoms with E-state index in [9.17, 15) is 4.79 Å². The summed E-state index contributed by atoms with van der Waals surface area (Å²) in [5.74, 6) is 5.95. The highest BCUT2D eigenvalue weighted by Crippen LogP contribution is 2.19. The summed E-state index contributed by atoms with van der Waals surface area (Å²) in [5, 5.41) is 8.77. The van der Waals surface area contributed by atoms with E-state index in [0.717, 1.165) is 24.1 Å². The molecule has 2 rings (SSSR count). The van der Waals surface area contributed by atoms with Crippen LogP contribution in [0.5, 0.6) is 0 Å². The lowest BCUT2D eigenvalue weighted by Crippen LogP contribution is -2.30. The lowest BCUT2D eigenvalue weighted by Gasteiger charge is -2.18. The number of aliphatic hydroxyl groups excluding tert-OH is 1. The maximum absolute atomic E-state index is 12.6. The van der Waals surface area contributed by atoms with E-state index in [2.05, 4.69) is 11.8 Å². The van der Waals surface area contributed by atoms with Gasteiger partial charge in [-0.15, -0.1) is 0 Å². The van der Waals surface area contributed by atoms with Crippen LogP contribution in [0.25, 0.3) is 0 Å². The number of hydrogen-bond acceptors (Lipinski definition) is 3. The summed E-state index contributed by atoms with van der Waals surface area (Å²) in [6.07, 6.45) is 1.47. The molecule has 112 valence electrons. The van der Waals surface area contributed by atoms with Crippen LogP contribution in [0.3, 0.4) is 0 Å². The van der Waals surface area contributed by atoms with Gasteiger partial charge in [0.2, 0.25) is 0 Å². The second kappa shape index (κ2) is 7.26. The van der Waals surface area contributed by atoms with Gasteiger partial charge in [0.1, 0.15) is 0 Å². The third-order valence-electron chi connectivity index (χ3n) is 3.79. The average Bonchev–Trinajstić information content (AvgIpc) is 2.97. The standard InChI is InChI=1S/C17H21NO3/c1-13-14(6-3-4-11-19)7-5-8-16(13)17(20)18-10-9-15(12-18)21-2/h5,7-8,15,19H,4,9-12H2,1-2H3. The summed E-state index contributed by atoms with van der Waals surface area (Å²) in [7, 11) is 1.68. The number of benzene rings is 1. The normalized spacial score (nSPS) is 17.5. The first-order valence-corrected chi connectivity index (χ1v) is 7.18. The summed E-state index contributed by atoms with van der Waals surface area (Å²) < 4.78 is 5.31. The van der Waals surface area contributed by atoms with Crippen LogP contribution in [-0.4, -0.2) is 48.8 Å². The first-order valence-electron chi connectivity index (χ1n) is 7.18. The third kappa shape index (κ3) is 3.63. The van der Waals surface area contributed by atoms with Crippen molar-refractivity contribution in [1.82, 2.24) is 4.90 Å². The van der Waals surface area contributed by atoms with Crippen molar-refractivity contribution in [2.24, 2.45) is 0 Å². The number of rotatable bonds is 3. The molecule has 1 unspecified atom stereocenters. The van der Waals surface area contributed by atoms with Gasteiger partial charge >= 0.3 is 0 Å². The number of likely N-dealkylation sites (tertiary alicyclic amines) is 1. The van der Waals surface area contributed by atoms with Crippen LogP contribution in [0.4, 0.5) is 0 Å². The van der Waals surface area contributed by atoms with Crippen LogP contribution in [0, 0.1) is 18.8 Å². The number of carbonyl (C=O) groups is 1. The molecule has 4 heteroatoms. The van der Waals surface area contributed by atoms with Crippen molar-refractivity contribution in [1.29, 1.82) is 0 Å². The Bertz CT molecular complexity index is 571. The van der Waals surface area contributed by atoms with Gasteiger partial charge in [-0.3, -0.25) is 4.79 Å². The van der Waals surface area contributed by atoms with Crippen molar-refractivity contribution in [2.45, 2.75) is 25.9 Å². The Morgan fingerprint density at radius 2 is 2.33 bits per heavy atom. The van der Waals surface area contributed by atoms with Crippen LogP contribution in [-0.2, 0) is 4.74 Å². The molecule has 0 aromatic heterocycles. The zero-order valence-corrected chi connectivity index (χ0v) is 12.6. The van der Waals surface area contributed by atoms with Crippen molar-refractivity contribution in [3.05, 3.63) is 34.9 Å². The highest BCUT2D eigenvalue weighted by atomic mass is 16.5. The first kappa shape index (κ1) is 15.6. The second-order valence-electron chi connectivity index (χ2n) is 5.15. The fraction of sp³-hybridized carbons (Fsp3) is 0.471. The zero-order chi connectivity index (χ0) is 15.2. The Labute approximate surface area is 125 Å². The highest BCUT2D eigenvalue weighted by molar-refractivity contribution is 5.96. The number of amides is 1. The van der Waals surface area contributed by atoms with E-state index in [0.29, 0.717) is 18.5 Å². The number of methoxy groups -OCH3 is 1. The molecule has 21 heavy (non-hydrogen) atoms. The van der Waals surface area contributed by atoms with Crippen molar-refractivity contribution in [2.75, 3.05) is 26.8 Å². The number of aliphatic hydroxyl groups is 1. The second-order valence-corrected chi connectivity index (χ2v) is 5.15. The van der Waals surface area contributed by atoms with Crippen LogP contribution in [0.15, 0.2) is 18.2 Å².